The Morgan fingerprint density at radius 3 is 2.41 bits per heavy atom. The second kappa shape index (κ2) is 11.4. The van der Waals surface area contributed by atoms with E-state index in [-0.39, 0.29) is 12.2 Å². The minimum Gasteiger partial charge on any atom is -0.486 e. The van der Waals surface area contributed by atoms with Crippen LogP contribution < -0.4 is 10.1 Å². The van der Waals surface area contributed by atoms with Crippen molar-refractivity contribution in [3.05, 3.63) is 94.8 Å². The van der Waals surface area contributed by atoms with E-state index in [1.807, 2.05) is 12.1 Å². The molecule has 3 aromatic carbocycles. The Bertz CT molecular complexity index is 1230. The molecule has 0 aromatic heterocycles. The smallest absolute Gasteiger partial charge is 0.266 e. The van der Waals surface area contributed by atoms with Gasteiger partial charge in [-0.1, -0.05) is 51.3 Å². The topological polar surface area (TPSA) is 62.1 Å². The zero-order valence-electron chi connectivity index (χ0n) is 16.1. The van der Waals surface area contributed by atoms with Gasteiger partial charge in [0, 0.05) is 25.8 Å². The predicted octanol–water partition coefficient (Wildman–Crippen LogP) is 8.41. The molecule has 0 saturated carbocycles. The molecule has 9 heteroatoms. The Labute approximate surface area is 220 Å². The van der Waals surface area contributed by atoms with Crippen molar-refractivity contribution < 1.29 is 9.53 Å². The molecule has 0 aliphatic carbocycles. The van der Waals surface area contributed by atoms with Crippen LogP contribution in [0.3, 0.4) is 0 Å². The first kappa shape index (κ1) is 24.8. The molecule has 0 aliphatic heterocycles. The molecule has 162 valence electrons. The number of halogens is 5. The first-order valence-electron chi connectivity index (χ1n) is 9.01. The van der Waals surface area contributed by atoms with Crippen molar-refractivity contribution in [3.8, 4) is 11.8 Å². The maximum absolute atomic E-state index is 12.5. The minimum absolute atomic E-state index is 0.0367. The summed E-state index contributed by atoms with van der Waals surface area (Å²) in [6.45, 7) is 0.237. The molecule has 0 spiro atoms. The number of hydrogen-bond acceptors (Lipinski definition) is 3. The van der Waals surface area contributed by atoms with Crippen molar-refractivity contribution >= 4 is 88.7 Å². The highest BCUT2D eigenvalue weighted by atomic mass is 79.9. The van der Waals surface area contributed by atoms with Crippen LogP contribution in [0.5, 0.6) is 5.75 Å². The van der Waals surface area contributed by atoms with E-state index in [2.05, 4.69) is 53.1 Å². The molecule has 4 nitrogen and oxygen atoms in total. The summed E-state index contributed by atoms with van der Waals surface area (Å²) in [6.07, 6.45) is 1.50. The Morgan fingerprint density at radius 2 is 1.78 bits per heavy atom. The van der Waals surface area contributed by atoms with Crippen LogP contribution >= 0.6 is 71.0 Å². The molecule has 1 N–H and O–H groups in total. The van der Waals surface area contributed by atoms with Crippen molar-refractivity contribution in [2.24, 2.45) is 0 Å². The number of anilines is 1. The van der Waals surface area contributed by atoms with Gasteiger partial charge in [0.05, 0.1) is 8.95 Å². The van der Waals surface area contributed by atoms with E-state index < -0.39 is 5.91 Å². The number of hydrogen-bond donors (Lipinski definition) is 1. The third-order valence-corrected chi connectivity index (χ3v) is 6.42. The van der Waals surface area contributed by atoms with Gasteiger partial charge in [-0.2, -0.15) is 5.26 Å². The standard InChI is InChI=1S/C23H13Br3Cl2N2O2/c24-16-2-1-3-18(9-16)30-23(31)15(11-29)6-13-7-19(25)22(20(26)8-13)32-12-14-4-5-17(27)10-21(14)28/h1-10H,12H2,(H,30,31)/b15-6-. The highest BCUT2D eigenvalue weighted by Crippen LogP contribution is 2.36. The van der Waals surface area contributed by atoms with Crippen LogP contribution in [0.2, 0.25) is 10.0 Å². The lowest BCUT2D eigenvalue weighted by Crippen LogP contribution is -2.13. The maximum atomic E-state index is 12.5. The zero-order valence-corrected chi connectivity index (χ0v) is 22.4. The third kappa shape index (κ3) is 6.60. The normalized spacial score (nSPS) is 11.1. The van der Waals surface area contributed by atoms with Crippen LogP contribution in [0.1, 0.15) is 11.1 Å². The summed E-state index contributed by atoms with van der Waals surface area (Å²) in [6, 6.07) is 17.8. The van der Waals surface area contributed by atoms with Gasteiger partial charge in [0.25, 0.3) is 5.91 Å². The van der Waals surface area contributed by atoms with Gasteiger partial charge in [-0.3, -0.25) is 4.79 Å². The Balaban J connectivity index is 1.78. The highest BCUT2D eigenvalue weighted by Gasteiger charge is 2.13. The maximum Gasteiger partial charge on any atom is 0.266 e. The lowest BCUT2D eigenvalue weighted by atomic mass is 10.1. The van der Waals surface area contributed by atoms with Gasteiger partial charge >= 0.3 is 0 Å². The quantitative estimate of drug-likeness (QED) is 0.214. The van der Waals surface area contributed by atoms with E-state index in [0.29, 0.717) is 36.0 Å². The number of benzene rings is 3. The number of nitrogens with one attached hydrogen (secondary N) is 1. The molecule has 0 fully saturated rings. The van der Waals surface area contributed by atoms with Gasteiger partial charge in [0.15, 0.2) is 0 Å². The van der Waals surface area contributed by atoms with Crippen LogP contribution in [0.25, 0.3) is 6.08 Å². The molecule has 0 radical (unpaired) electrons. The second-order valence-corrected chi connectivity index (χ2v) is 9.94. The molecule has 3 aromatic rings. The van der Waals surface area contributed by atoms with E-state index >= 15 is 0 Å². The summed E-state index contributed by atoms with van der Waals surface area (Å²) < 4.78 is 8.02. The molecule has 0 atom stereocenters. The van der Waals surface area contributed by atoms with Crippen LogP contribution in [0.4, 0.5) is 5.69 Å². The number of nitriles is 1. The Morgan fingerprint density at radius 1 is 1.06 bits per heavy atom. The van der Waals surface area contributed by atoms with Gasteiger partial charge in [-0.25, -0.2) is 0 Å². The lowest BCUT2D eigenvalue weighted by Gasteiger charge is -2.12. The Kier molecular flexibility index (Phi) is 8.80. The summed E-state index contributed by atoms with van der Waals surface area (Å²) in [5.41, 5.74) is 1.97. The zero-order chi connectivity index (χ0) is 23.3. The average molecular weight is 660 g/mol. The van der Waals surface area contributed by atoms with E-state index in [0.717, 1.165) is 10.0 Å². The monoisotopic (exact) mass is 656 g/mol. The van der Waals surface area contributed by atoms with Crippen molar-refractivity contribution in [2.45, 2.75) is 6.61 Å². The fourth-order valence-electron chi connectivity index (χ4n) is 2.67. The molecule has 1 amide bonds. The second-order valence-electron chi connectivity index (χ2n) is 6.47. The summed E-state index contributed by atoms with van der Waals surface area (Å²) in [5, 5.41) is 13.3. The van der Waals surface area contributed by atoms with Crippen LogP contribution in [-0.4, -0.2) is 5.91 Å². The largest absolute Gasteiger partial charge is 0.486 e. The van der Waals surface area contributed by atoms with Gasteiger partial charge in [-0.05, 0) is 86.0 Å². The number of rotatable bonds is 6. The SMILES string of the molecule is N#C/C(=C/c1cc(Br)c(OCc2ccc(Cl)cc2Cl)c(Br)c1)C(=O)Nc1cccc(Br)c1. The summed E-state index contributed by atoms with van der Waals surface area (Å²) in [7, 11) is 0. The molecule has 0 heterocycles. The first-order valence-corrected chi connectivity index (χ1v) is 12.1. The number of ether oxygens (including phenoxy) is 1. The van der Waals surface area contributed by atoms with Crippen LogP contribution in [0, 0.1) is 11.3 Å². The molecule has 0 bridgehead atoms. The number of amides is 1. The van der Waals surface area contributed by atoms with Gasteiger partial charge in [0.2, 0.25) is 0 Å². The Hall–Kier alpha value is -1.82. The minimum atomic E-state index is -0.504. The summed E-state index contributed by atoms with van der Waals surface area (Å²) in [4.78, 5) is 12.5. The van der Waals surface area contributed by atoms with Crippen molar-refractivity contribution in [2.75, 3.05) is 5.32 Å². The van der Waals surface area contributed by atoms with E-state index in [1.54, 1.807) is 48.5 Å². The van der Waals surface area contributed by atoms with E-state index in [1.165, 1.54) is 6.08 Å². The number of carbonyl (C=O) groups excluding carboxylic acids is 1. The van der Waals surface area contributed by atoms with Crippen molar-refractivity contribution in [3.63, 3.8) is 0 Å². The van der Waals surface area contributed by atoms with E-state index in [4.69, 9.17) is 27.9 Å². The average Bonchev–Trinajstić information content (AvgIpc) is 2.72. The fourth-order valence-corrected chi connectivity index (χ4v) is 4.98. The molecule has 0 unspecified atom stereocenters. The molecule has 32 heavy (non-hydrogen) atoms. The summed E-state index contributed by atoms with van der Waals surface area (Å²) in [5.74, 6) is 0.0563. The van der Waals surface area contributed by atoms with Crippen molar-refractivity contribution in [1.29, 1.82) is 5.26 Å². The van der Waals surface area contributed by atoms with Crippen LogP contribution in [0.15, 0.2) is 73.6 Å². The summed E-state index contributed by atoms with van der Waals surface area (Å²) >= 11 is 22.5. The third-order valence-electron chi connectivity index (χ3n) is 4.17. The van der Waals surface area contributed by atoms with Crippen molar-refractivity contribution in [1.82, 2.24) is 0 Å². The lowest BCUT2D eigenvalue weighted by molar-refractivity contribution is -0.112. The first-order chi connectivity index (χ1) is 15.3. The van der Waals surface area contributed by atoms with Gasteiger partial charge in [-0.15, -0.1) is 0 Å². The number of nitrogens with zero attached hydrogens (tertiary/aromatic N) is 1. The molecule has 0 saturated heterocycles. The number of carbonyl (C=O) groups is 1. The van der Waals surface area contributed by atoms with Gasteiger partial charge in [0.1, 0.15) is 24.0 Å². The highest BCUT2D eigenvalue weighted by molar-refractivity contribution is 9.11. The van der Waals surface area contributed by atoms with Crippen LogP contribution in [-0.2, 0) is 11.4 Å². The predicted molar refractivity (Wildman–Crippen MR) is 139 cm³/mol. The fraction of sp³-hybridized carbons (Fsp3) is 0.0435. The molecular formula is C23H13Br3Cl2N2O2. The van der Waals surface area contributed by atoms with E-state index in [9.17, 15) is 10.1 Å². The van der Waals surface area contributed by atoms with Gasteiger partial charge < -0.3 is 10.1 Å². The molecular weight excluding hydrogens is 647 g/mol. The molecule has 3 rings (SSSR count). The molecule has 0 aliphatic rings.